The fourth-order valence-corrected chi connectivity index (χ4v) is 3.01. The number of hydrogen-bond donors (Lipinski definition) is 1. The number of hydrogen-bond acceptors (Lipinski definition) is 2. The van der Waals surface area contributed by atoms with E-state index >= 15 is 0 Å². The van der Waals surface area contributed by atoms with Gasteiger partial charge in [-0.1, -0.05) is 30.3 Å². The molecular weight excluding hydrogens is 274 g/mol. The summed E-state index contributed by atoms with van der Waals surface area (Å²) in [4.78, 5) is 18.9. The molecule has 4 heteroatoms. The summed E-state index contributed by atoms with van der Waals surface area (Å²) in [5, 5.41) is 2.26. The van der Waals surface area contributed by atoms with Crippen molar-refractivity contribution in [3.8, 4) is 0 Å². The Hall–Kier alpha value is -2.36. The lowest BCUT2D eigenvalue weighted by Crippen LogP contribution is -2.44. The lowest BCUT2D eigenvalue weighted by Gasteiger charge is -2.36. The van der Waals surface area contributed by atoms with Crippen LogP contribution in [0.2, 0.25) is 0 Å². The molecule has 0 saturated carbocycles. The number of nitrogens with zero attached hydrogens (tertiary/aromatic N) is 2. The summed E-state index contributed by atoms with van der Waals surface area (Å²) in [6, 6.07) is 14.0. The highest BCUT2D eigenvalue weighted by Crippen LogP contribution is 2.26. The molecule has 1 saturated heterocycles. The second-order valence-corrected chi connectivity index (χ2v) is 6.13. The molecular formula is C18H21N3O. The van der Waals surface area contributed by atoms with E-state index in [2.05, 4.69) is 18.0 Å². The van der Waals surface area contributed by atoms with Gasteiger partial charge in [0.1, 0.15) is 0 Å². The van der Waals surface area contributed by atoms with Crippen LogP contribution in [0.3, 0.4) is 0 Å². The molecule has 22 heavy (non-hydrogen) atoms. The second kappa shape index (κ2) is 5.79. The van der Waals surface area contributed by atoms with Crippen LogP contribution in [0.25, 0.3) is 10.8 Å². The van der Waals surface area contributed by atoms with Crippen molar-refractivity contribution < 1.29 is 4.79 Å². The number of piperidine rings is 1. The van der Waals surface area contributed by atoms with E-state index in [1.54, 1.807) is 0 Å². The van der Waals surface area contributed by atoms with Gasteiger partial charge in [0.2, 0.25) is 0 Å². The molecule has 0 spiro atoms. The van der Waals surface area contributed by atoms with E-state index in [9.17, 15) is 4.79 Å². The maximum atomic E-state index is 12.7. The Morgan fingerprint density at radius 2 is 1.86 bits per heavy atom. The van der Waals surface area contributed by atoms with Crippen LogP contribution in [-0.2, 0) is 0 Å². The number of rotatable bonds is 2. The molecule has 2 aromatic rings. The fourth-order valence-electron chi connectivity index (χ4n) is 3.01. The predicted octanol–water partition coefficient (Wildman–Crippen LogP) is 2.82. The number of benzene rings is 2. The van der Waals surface area contributed by atoms with Crippen LogP contribution in [0.4, 0.5) is 0 Å². The van der Waals surface area contributed by atoms with Gasteiger partial charge in [0, 0.05) is 18.7 Å². The normalized spacial score (nSPS) is 18.0. The van der Waals surface area contributed by atoms with E-state index in [4.69, 9.17) is 5.73 Å². The van der Waals surface area contributed by atoms with Crippen molar-refractivity contribution in [2.45, 2.75) is 25.3 Å². The first-order valence-corrected chi connectivity index (χ1v) is 7.65. The minimum Gasteiger partial charge on any atom is -0.390 e. The van der Waals surface area contributed by atoms with Gasteiger partial charge in [0.15, 0.2) is 0 Å². The standard InChI is InChI=1S/C18H21N3O/c1-18(20-13-19)8-10-21(11-9-18)17(22)16-7-6-14-4-2-3-5-15(14)12-16/h2-7,12-13H,8-11H2,1H3,(H2,19,20). The Kier molecular flexibility index (Phi) is 3.84. The summed E-state index contributed by atoms with van der Waals surface area (Å²) < 4.78 is 0. The van der Waals surface area contributed by atoms with Gasteiger partial charge >= 0.3 is 0 Å². The zero-order chi connectivity index (χ0) is 15.6. The first-order chi connectivity index (χ1) is 10.6. The first kappa shape index (κ1) is 14.6. The third-order valence-electron chi connectivity index (χ3n) is 4.51. The van der Waals surface area contributed by atoms with Gasteiger partial charge in [-0.05, 0) is 42.7 Å². The molecule has 1 aliphatic heterocycles. The molecule has 114 valence electrons. The summed E-state index contributed by atoms with van der Waals surface area (Å²) in [7, 11) is 0. The zero-order valence-electron chi connectivity index (χ0n) is 12.8. The molecule has 2 aromatic carbocycles. The van der Waals surface area contributed by atoms with Gasteiger partial charge in [-0.25, -0.2) is 0 Å². The highest BCUT2D eigenvalue weighted by molar-refractivity contribution is 5.98. The van der Waals surface area contributed by atoms with Crippen LogP contribution in [0.1, 0.15) is 30.1 Å². The molecule has 3 rings (SSSR count). The van der Waals surface area contributed by atoms with Gasteiger partial charge < -0.3 is 10.6 Å². The zero-order valence-corrected chi connectivity index (χ0v) is 12.8. The third-order valence-corrected chi connectivity index (χ3v) is 4.51. The van der Waals surface area contributed by atoms with Gasteiger partial charge in [0.25, 0.3) is 5.91 Å². The Balaban J connectivity index is 1.76. The van der Waals surface area contributed by atoms with Gasteiger partial charge in [-0.3, -0.25) is 9.79 Å². The van der Waals surface area contributed by atoms with Crippen molar-refractivity contribution in [1.82, 2.24) is 4.90 Å². The number of likely N-dealkylation sites (tertiary alicyclic amines) is 1. The molecule has 4 nitrogen and oxygen atoms in total. The van der Waals surface area contributed by atoms with Crippen molar-refractivity contribution in [3.05, 3.63) is 48.0 Å². The number of carbonyl (C=O) groups is 1. The Labute approximate surface area is 130 Å². The number of aliphatic imine (C=N–C) groups is 1. The van der Waals surface area contributed by atoms with Crippen LogP contribution in [0.15, 0.2) is 47.5 Å². The highest BCUT2D eigenvalue weighted by Gasteiger charge is 2.31. The summed E-state index contributed by atoms with van der Waals surface area (Å²) in [6.07, 6.45) is 3.07. The Morgan fingerprint density at radius 3 is 2.55 bits per heavy atom. The van der Waals surface area contributed by atoms with Crippen LogP contribution in [0, 0.1) is 0 Å². The average molecular weight is 295 g/mol. The number of nitrogens with two attached hydrogens (primary N) is 1. The van der Waals surface area contributed by atoms with Crippen molar-refractivity contribution in [2.75, 3.05) is 13.1 Å². The van der Waals surface area contributed by atoms with E-state index in [-0.39, 0.29) is 11.4 Å². The molecule has 0 bridgehead atoms. The third kappa shape index (κ3) is 2.82. The molecule has 1 fully saturated rings. The maximum Gasteiger partial charge on any atom is 0.253 e. The van der Waals surface area contributed by atoms with Crippen LogP contribution < -0.4 is 5.73 Å². The summed E-state index contributed by atoms with van der Waals surface area (Å²) in [5.74, 6) is 0.101. The molecule has 0 radical (unpaired) electrons. The minimum atomic E-state index is -0.130. The highest BCUT2D eigenvalue weighted by atomic mass is 16.2. The van der Waals surface area contributed by atoms with Crippen molar-refractivity contribution >= 4 is 23.0 Å². The van der Waals surface area contributed by atoms with Crippen molar-refractivity contribution in [2.24, 2.45) is 10.7 Å². The lowest BCUT2D eigenvalue weighted by molar-refractivity contribution is 0.0682. The Bertz CT molecular complexity index is 715. The average Bonchev–Trinajstić information content (AvgIpc) is 2.54. The summed E-state index contributed by atoms with van der Waals surface area (Å²) >= 11 is 0. The van der Waals surface area contributed by atoms with Crippen LogP contribution in [0.5, 0.6) is 0 Å². The summed E-state index contributed by atoms with van der Waals surface area (Å²) in [6.45, 7) is 3.53. The molecule has 0 aliphatic carbocycles. The molecule has 1 amide bonds. The molecule has 2 N–H and O–H groups in total. The van der Waals surface area contributed by atoms with E-state index < -0.39 is 0 Å². The minimum absolute atomic E-state index is 0.101. The molecule has 0 atom stereocenters. The van der Waals surface area contributed by atoms with Gasteiger partial charge in [-0.2, -0.15) is 0 Å². The largest absolute Gasteiger partial charge is 0.390 e. The van der Waals surface area contributed by atoms with Crippen molar-refractivity contribution in [1.29, 1.82) is 0 Å². The smallest absolute Gasteiger partial charge is 0.253 e. The first-order valence-electron chi connectivity index (χ1n) is 7.65. The summed E-state index contributed by atoms with van der Waals surface area (Å²) in [5.41, 5.74) is 6.03. The quantitative estimate of drug-likeness (QED) is 0.684. The number of fused-ring (bicyclic) bond motifs is 1. The second-order valence-electron chi connectivity index (χ2n) is 6.13. The van der Waals surface area contributed by atoms with Gasteiger partial charge in [-0.15, -0.1) is 0 Å². The molecule has 0 unspecified atom stereocenters. The topological polar surface area (TPSA) is 58.7 Å². The van der Waals surface area contributed by atoms with Crippen LogP contribution in [-0.4, -0.2) is 35.8 Å². The van der Waals surface area contributed by atoms with E-state index in [0.717, 1.165) is 42.3 Å². The lowest BCUT2D eigenvalue weighted by atomic mass is 9.90. The van der Waals surface area contributed by atoms with E-state index in [1.165, 1.54) is 6.34 Å². The molecule has 1 aliphatic rings. The monoisotopic (exact) mass is 295 g/mol. The SMILES string of the molecule is CC1(N=CN)CCN(C(=O)c2ccc3ccccc3c2)CC1. The predicted molar refractivity (Wildman–Crippen MR) is 90.2 cm³/mol. The van der Waals surface area contributed by atoms with Gasteiger partial charge in [0.05, 0.1) is 11.9 Å². The fraction of sp³-hybridized carbons (Fsp3) is 0.333. The van der Waals surface area contributed by atoms with E-state index in [1.807, 2.05) is 41.3 Å². The van der Waals surface area contributed by atoms with Crippen LogP contribution >= 0.6 is 0 Å². The van der Waals surface area contributed by atoms with E-state index in [0.29, 0.717) is 0 Å². The molecule has 1 heterocycles. The Morgan fingerprint density at radius 1 is 1.18 bits per heavy atom. The number of carbonyl (C=O) groups excluding carboxylic acids is 1. The maximum absolute atomic E-state index is 12.7. The van der Waals surface area contributed by atoms with Crippen molar-refractivity contribution in [3.63, 3.8) is 0 Å². The number of amides is 1. The molecule has 0 aromatic heterocycles.